The van der Waals surface area contributed by atoms with Crippen LogP contribution in [-0.2, 0) is 0 Å². The molecule has 0 fully saturated rings. The fraction of sp³-hybridized carbons (Fsp3) is 0.111. The summed E-state index contributed by atoms with van der Waals surface area (Å²) in [6, 6.07) is 4.83. The Bertz CT molecular complexity index is 406. The number of anilines is 1. The number of hydrogen-bond acceptors (Lipinski definition) is 3. The molecule has 0 radical (unpaired) electrons. The van der Waals surface area contributed by atoms with Gasteiger partial charge in [0.2, 0.25) is 0 Å². The minimum absolute atomic E-state index is 0.271. The number of aromatic carboxylic acids is 1. The largest absolute Gasteiger partial charge is 0.478 e. The van der Waals surface area contributed by atoms with Gasteiger partial charge in [-0.25, -0.2) is 10.6 Å². The molecule has 1 aromatic rings. The molecular formula is C9H11N3O2S. The van der Waals surface area contributed by atoms with Gasteiger partial charge in [-0.15, -0.1) is 0 Å². The Morgan fingerprint density at radius 3 is 2.67 bits per heavy atom. The SMILES string of the molecule is Cc1cc(NC(=S)NN)ccc1C(=O)O. The van der Waals surface area contributed by atoms with E-state index in [1.54, 1.807) is 19.1 Å². The van der Waals surface area contributed by atoms with Crippen LogP contribution in [0.15, 0.2) is 18.2 Å². The fourth-order valence-electron chi connectivity index (χ4n) is 1.15. The second-order valence-electron chi connectivity index (χ2n) is 2.93. The summed E-state index contributed by atoms with van der Waals surface area (Å²) in [5.74, 6) is 4.14. The molecule has 0 aromatic heterocycles. The molecule has 0 bridgehead atoms. The van der Waals surface area contributed by atoms with Crippen LogP contribution in [0.25, 0.3) is 0 Å². The van der Waals surface area contributed by atoms with Gasteiger partial charge in [0, 0.05) is 5.69 Å². The van der Waals surface area contributed by atoms with Crippen molar-refractivity contribution in [1.82, 2.24) is 5.43 Å². The van der Waals surface area contributed by atoms with Crippen LogP contribution in [-0.4, -0.2) is 16.2 Å². The van der Waals surface area contributed by atoms with Crippen molar-refractivity contribution in [2.75, 3.05) is 5.32 Å². The van der Waals surface area contributed by atoms with Crippen LogP contribution in [0.5, 0.6) is 0 Å². The molecule has 0 saturated carbocycles. The van der Waals surface area contributed by atoms with Gasteiger partial charge in [0.25, 0.3) is 0 Å². The lowest BCUT2D eigenvalue weighted by Crippen LogP contribution is -2.34. The number of nitrogens with two attached hydrogens (primary N) is 1. The molecule has 0 amide bonds. The van der Waals surface area contributed by atoms with Crippen molar-refractivity contribution in [3.8, 4) is 0 Å². The monoisotopic (exact) mass is 225 g/mol. The van der Waals surface area contributed by atoms with Gasteiger partial charge in [0.15, 0.2) is 5.11 Å². The molecule has 0 unspecified atom stereocenters. The summed E-state index contributed by atoms with van der Waals surface area (Å²) < 4.78 is 0. The quantitative estimate of drug-likeness (QED) is 0.339. The average molecular weight is 225 g/mol. The fourth-order valence-corrected chi connectivity index (χ4v) is 1.27. The lowest BCUT2D eigenvalue weighted by molar-refractivity contribution is 0.0696. The van der Waals surface area contributed by atoms with Gasteiger partial charge < -0.3 is 15.8 Å². The third-order valence-corrected chi connectivity index (χ3v) is 2.07. The maximum atomic E-state index is 10.7. The van der Waals surface area contributed by atoms with Crippen LogP contribution in [0.1, 0.15) is 15.9 Å². The third kappa shape index (κ3) is 2.90. The van der Waals surface area contributed by atoms with E-state index in [4.69, 9.17) is 23.2 Å². The Kier molecular flexibility index (Phi) is 3.59. The van der Waals surface area contributed by atoms with Crippen molar-refractivity contribution >= 4 is 29.0 Å². The number of hydrogen-bond donors (Lipinski definition) is 4. The first-order chi connectivity index (χ1) is 7.04. The number of hydrazine groups is 1. The number of nitrogens with one attached hydrogen (secondary N) is 2. The maximum Gasteiger partial charge on any atom is 0.335 e. The lowest BCUT2D eigenvalue weighted by Gasteiger charge is -2.08. The van der Waals surface area contributed by atoms with E-state index in [2.05, 4.69) is 10.7 Å². The number of carboxylic acids is 1. The van der Waals surface area contributed by atoms with E-state index in [1.165, 1.54) is 6.07 Å². The molecule has 1 rings (SSSR count). The molecule has 0 saturated heterocycles. The van der Waals surface area contributed by atoms with E-state index >= 15 is 0 Å². The second kappa shape index (κ2) is 4.72. The van der Waals surface area contributed by atoms with E-state index in [0.29, 0.717) is 11.3 Å². The van der Waals surface area contributed by atoms with Gasteiger partial charge in [-0.2, -0.15) is 0 Å². The van der Waals surface area contributed by atoms with Gasteiger partial charge in [0.05, 0.1) is 5.56 Å². The number of thiocarbonyl (C=S) groups is 1. The van der Waals surface area contributed by atoms with E-state index in [0.717, 1.165) is 0 Å². The Hall–Kier alpha value is -1.66. The zero-order valence-corrected chi connectivity index (χ0v) is 8.89. The highest BCUT2D eigenvalue weighted by atomic mass is 32.1. The lowest BCUT2D eigenvalue weighted by atomic mass is 10.1. The maximum absolute atomic E-state index is 10.7. The molecule has 0 atom stereocenters. The van der Waals surface area contributed by atoms with Crippen molar-refractivity contribution in [3.63, 3.8) is 0 Å². The van der Waals surface area contributed by atoms with Crippen LogP contribution in [0.3, 0.4) is 0 Å². The average Bonchev–Trinajstić information content (AvgIpc) is 2.17. The van der Waals surface area contributed by atoms with Crippen LogP contribution in [0, 0.1) is 6.92 Å². The molecule has 5 nitrogen and oxygen atoms in total. The van der Waals surface area contributed by atoms with Crippen molar-refractivity contribution in [3.05, 3.63) is 29.3 Å². The van der Waals surface area contributed by atoms with Crippen molar-refractivity contribution < 1.29 is 9.90 Å². The molecule has 0 heterocycles. The van der Waals surface area contributed by atoms with E-state index < -0.39 is 5.97 Å². The standard InChI is InChI=1S/C9H11N3O2S/c1-5-4-6(11-9(15)12-10)2-3-7(5)8(13)14/h2-4H,10H2,1H3,(H,13,14)(H2,11,12,15). The summed E-state index contributed by atoms with van der Waals surface area (Å²) in [7, 11) is 0. The Balaban J connectivity index is 2.91. The number of carboxylic acid groups (broad SMARTS) is 1. The van der Waals surface area contributed by atoms with E-state index in [-0.39, 0.29) is 10.7 Å². The summed E-state index contributed by atoms with van der Waals surface area (Å²) in [6.07, 6.45) is 0. The first kappa shape index (κ1) is 11.4. The van der Waals surface area contributed by atoms with Crippen LogP contribution < -0.4 is 16.6 Å². The molecule has 1 aromatic carbocycles. The molecule has 0 aliphatic rings. The van der Waals surface area contributed by atoms with Crippen LogP contribution >= 0.6 is 12.2 Å². The molecule has 5 N–H and O–H groups in total. The molecule has 15 heavy (non-hydrogen) atoms. The number of rotatable bonds is 2. The third-order valence-electron chi connectivity index (χ3n) is 1.85. The van der Waals surface area contributed by atoms with Crippen molar-refractivity contribution in [2.24, 2.45) is 5.84 Å². The van der Waals surface area contributed by atoms with E-state index in [9.17, 15) is 4.79 Å². The first-order valence-corrected chi connectivity index (χ1v) is 4.57. The molecule has 0 aliphatic heterocycles. The number of benzene rings is 1. The number of aryl methyl sites for hydroxylation is 1. The van der Waals surface area contributed by atoms with Gasteiger partial charge in [-0.05, 0) is 42.9 Å². The van der Waals surface area contributed by atoms with Crippen molar-refractivity contribution in [1.29, 1.82) is 0 Å². The number of carbonyl (C=O) groups is 1. The van der Waals surface area contributed by atoms with E-state index in [1.807, 2.05) is 0 Å². The smallest absolute Gasteiger partial charge is 0.335 e. The second-order valence-corrected chi connectivity index (χ2v) is 3.34. The zero-order chi connectivity index (χ0) is 11.4. The Labute approximate surface area is 92.3 Å². The van der Waals surface area contributed by atoms with Gasteiger partial charge in [-0.1, -0.05) is 0 Å². The topological polar surface area (TPSA) is 87.4 Å². The Morgan fingerprint density at radius 2 is 2.20 bits per heavy atom. The van der Waals surface area contributed by atoms with Gasteiger partial charge in [-0.3, -0.25) is 0 Å². The predicted octanol–water partition coefficient (Wildman–Crippen LogP) is 0.853. The van der Waals surface area contributed by atoms with Crippen LogP contribution in [0.2, 0.25) is 0 Å². The molecule has 0 spiro atoms. The highest BCUT2D eigenvalue weighted by molar-refractivity contribution is 7.80. The predicted molar refractivity (Wildman–Crippen MR) is 61.7 cm³/mol. The highest BCUT2D eigenvalue weighted by Gasteiger charge is 2.07. The first-order valence-electron chi connectivity index (χ1n) is 4.16. The minimum atomic E-state index is -0.946. The van der Waals surface area contributed by atoms with Crippen LogP contribution in [0.4, 0.5) is 5.69 Å². The molecular weight excluding hydrogens is 214 g/mol. The molecule has 6 heteroatoms. The summed E-state index contributed by atoms with van der Waals surface area (Å²) in [6.45, 7) is 1.72. The summed E-state index contributed by atoms with van der Waals surface area (Å²) >= 11 is 4.80. The highest BCUT2D eigenvalue weighted by Crippen LogP contribution is 2.14. The van der Waals surface area contributed by atoms with Gasteiger partial charge >= 0.3 is 5.97 Å². The molecule has 80 valence electrons. The summed E-state index contributed by atoms with van der Waals surface area (Å²) in [4.78, 5) is 10.7. The van der Waals surface area contributed by atoms with Gasteiger partial charge in [0.1, 0.15) is 0 Å². The summed E-state index contributed by atoms with van der Waals surface area (Å²) in [5, 5.41) is 11.9. The van der Waals surface area contributed by atoms with Crippen molar-refractivity contribution in [2.45, 2.75) is 6.92 Å². The zero-order valence-electron chi connectivity index (χ0n) is 8.07. The molecule has 0 aliphatic carbocycles. The minimum Gasteiger partial charge on any atom is -0.478 e. The summed E-state index contributed by atoms with van der Waals surface area (Å²) in [5.41, 5.74) is 3.90. The normalized spacial score (nSPS) is 9.47. The Morgan fingerprint density at radius 1 is 1.53 bits per heavy atom.